The molecule has 32 valence electrons. The molecular formula is C4H5S2+. The Balaban J connectivity index is 3.05. The van der Waals surface area contributed by atoms with Gasteiger partial charge < -0.3 is 0 Å². The average molecular weight is 117 g/mol. The van der Waals surface area contributed by atoms with E-state index in [1.807, 2.05) is 10.3 Å². The quantitative estimate of drug-likeness (QED) is 0.361. The molecule has 0 aliphatic carbocycles. The molecule has 1 rings (SSSR count). The Hall–Kier alpha value is 0.0500. The standard InChI is InChI=1S/C4H5S2/c1-4-2-3-5-6-4/h2-3H,1H3/q+1. The number of hydrogen-bond acceptors (Lipinski definition) is 1. The summed E-state index contributed by atoms with van der Waals surface area (Å²) >= 11 is 0. The van der Waals surface area contributed by atoms with Gasteiger partial charge in [-0.15, -0.1) is 0 Å². The molecule has 1 aromatic heterocycles. The van der Waals surface area contributed by atoms with Crippen LogP contribution in [0.2, 0.25) is 0 Å². The molecule has 0 nitrogen and oxygen atoms in total. The van der Waals surface area contributed by atoms with Gasteiger partial charge in [-0.3, -0.25) is 0 Å². The molecule has 2 heteroatoms. The van der Waals surface area contributed by atoms with Crippen LogP contribution >= 0.6 is 20.7 Å². The van der Waals surface area contributed by atoms with Crippen molar-refractivity contribution in [1.29, 1.82) is 0 Å². The van der Waals surface area contributed by atoms with Gasteiger partial charge in [0.25, 0.3) is 10.3 Å². The summed E-state index contributed by atoms with van der Waals surface area (Å²) in [5.74, 6) is 0. The second-order valence-electron chi connectivity index (χ2n) is 1.09. The fraction of sp³-hybridized carbons (Fsp3) is 0.250. The maximum atomic E-state index is 2.12. The lowest BCUT2D eigenvalue weighted by molar-refractivity contribution is 1.65. The molecule has 0 spiro atoms. The lowest BCUT2D eigenvalue weighted by Crippen LogP contribution is -1.42. The van der Waals surface area contributed by atoms with Gasteiger partial charge in [-0.05, 0) is 6.92 Å². The van der Waals surface area contributed by atoms with Gasteiger partial charge in [0, 0.05) is 6.07 Å². The highest BCUT2D eigenvalue weighted by Crippen LogP contribution is 2.11. The molecule has 0 saturated carbocycles. The van der Waals surface area contributed by atoms with Crippen molar-refractivity contribution < 1.29 is 0 Å². The number of aryl methyl sites for hydroxylation is 1. The summed E-state index contributed by atoms with van der Waals surface area (Å²) < 4.78 is 0. The van der Waals surface area contributed by atoms with Gasteiger partial charge in [0.2, 0.25) is 5.38 Å². The maximum Gasteiger partial charge on any atom is 0.291 e. The van der Waals surface area contributed by atoms with Crippen LogP contribution in [-0.4, -0.2) is 0 Å². The second kappa shape index (κ2) is 1.67. The van der Waals surface area contributed by atoms with E-state index in [0.29, 0.717) is 0 Å². The van der Waals surface area contributed by atoms with Crippen LogP contribution < -0.4 is 0 Å². The number of rotatable bonds is 0. The van der Waals surface area contributed by atoms with Crippen molar-refractivity contribution in [2.75, 3.05) is 0 Å². The van der Waals surface area contributed by atoms with Gasteiger partial charge in [0.15, 0.2) is 10.3 Å². The fourth-order valence-corrected chi connectivity index (χ4v) is 1.89. The first-order valence-corrected chi connectivity index (χ1v) is 3.94. The molecule has 1 heterocycles. The van der Waals surface area contributed by atoms with E-state index in [1.165, 1.54) is 4.88 Å². The fourth-order valence-electron chi connectivity index (χ4n) is 0.255. The second-order valence-corrected chi connectivity index (χ2v) is 3.45. The molecule has 0 aliphatic rings. The Bertz CT molecular complexity index is 109. The van der Waals surface area contributed by atoms with Crippen molar-refractivity contribution in [2.24, 2.45) is 0 Å². The molecule has 0 aromatic carbocycles. The van der Waals surface area contributed by atoms with E-state index in [9.17, 15) is 0 Å². The third-order valence-electron chi connectivity index (χ3n) is 0.538. The molecule has 0 aliphatic heterocycles. The first-order chi connectivity index (χ1) is 2.89. The molecule has 0 atom stereocenters. The van der Waals surface area contributed by atoms with E-state index in [1.54, 1.807) is 10.3 Å². The van der Waals surface area contributed by atoms with Crippen LogP contribution in [0.3, 0.4) is 0 Å². The minimum atomic E-state index is 1.40. The van der Waals surface area contributed by atoms with Crippen LogP contribution in [0.1, 0.15) is 4.88 Å². The van der Waals surface area contributed by atoms with Crippen LogP contribution in [0.4, 0.5) is 0 Å². The first kappa shape index (κ1) is 4.22. The molecule has 1 aromatic rings. The van der Waals surface area contributed by atoms with Crippen LogP contribution in [0.25, 0.3) is 0 Å². The molecule has 0 bridgehead atoms. The van der Waals surface area contributed by atoms with Crippen molar-refractivity contribution in [3.05, 3.63) is 16.3 Å². The smallest absolute Gasteiger partial charge is 0.0253 e. The molecule has 0 saturated heterocycles. The summed E-state index contributed by atoms with van der Waals surface area (Å²) in [6.45, 7) is 2.11. The Kier molecular flexibility index (Phi) is 1.17. The Morgan fingerprint density at radius 3 is 2.83 bits per heavy atom. The van der Waals surface area contributed by atoms with E-state index in [-0.39, 0.29) is 0 Å². The van der Waals surface area contributed by atoms with Gasteiger partial charge in [0.1, 0.15) is 0 Å². The Labute approximate surface area is 44.5 Å². The van der Waals surface area contributed by atoms with Gasteiger partial charge in [0.05, 0.1) is 4.88 Å². The third kappa shape index (κ3) is 0.758. The predicted octanol–water partition coefficient (Wildman–Crippen LogP) is 2.40. The van der Waals surface area contributed by atoms with Crippen molar-refractivity contribution in [3.8, 4) is 0 Å². The van der Waals surface area contributed by atoms with E-state index >= 15 is 0 Å². The summed E-state index contributed by atoms with van der Waals surface area (Å²) in [5.41, 5.74) is 0. The summed E-state index contributed by atoms with van der Waals surface area (Å²) in [6, 6.07) is 2.12. The highest BCUT2D eigenvalue weighted by atomic mass is 32.9. The van der Waals surface area contributed by atoms with E-state index in [0.717, 1.165) is 0 Å². The lowest BCUT2D eigenvalue weighted by atomic mass is 10.6. The van der Waals surface area contributed by atoms with Crippen LogP contribution in [0.5, 0.6) is 0 Å². The van der Waals surface area contributed by atoms with Crippen LogP contribution in [-0.2, 0) is 0 Å². The van der Waals surface area contributed by atoms with Gasteiger partial charge >= 0.3 is 0 Å². The monoisotopic (exact) mass is 117 g/mol. The highest BCUT2D eigenvalue weighted by molar-refractivity contribution is 7.68. The van der Waals surface area contributed by atoms with Gasteiger partial charge in [-0.1, -0.05) is 0 Å². The lowest BCUT2D eigenvalue weighted by Gasteiger charge is -1.55. The summed E-state index contributed by atoms with van der Waals surface area (Å²) in [7, 11) is 3.60. The number of hydrogen-bond donors (Lipinski definition) is 0. The SMILES string of the molecule is Cc1cc[s+]s1. The van der Waals surface area contributed by atoms with Gasteiger partial charge in [-0.2, -0.15) is 0 Å². The van der Waals surface area contributed by atoms with Gasteiger partial charge in [-0.25, -0.2) is 0 Å². The molecule has 0 radical (unpaired) electrons. The normalized spacial score (nSPS) is 8.83. The predicted molar refractivity (Wildman–Crippen MR) is 31.3 cm³/mol. The summed E-state index contributed by atoms with van der Waals surface area (Å²) in [5, 5.41) is 2.10. The van der Waals surface area contributed by atoms with E-state index in [2.05, 4.69) is 18.4 Å². The van der Waals surface area contributed by atoms with E-state index < -0.39 is 0 Å². The maximum absolute atomic E-state index is 2.12. The van der Waals surface area contributed by atoms with Crippen LogP contribution in [0, 0.1) is 6.92 Å². The molecule has 6 heavy (non-hydrogen) atoms. The van der Waals surface area contributed by atoms with Crippen LogP contribution in [0.15, 0.2) is 11.4 Å². The summed E-state index contributed by atoms with van der Waals surface area (Å²) in [6.07, 6.45) is 0. The largest absolute Gasteiger partial charge is 0.291 e. The molecule has 0 fully saturated rings. The van der Waals surface area contributed by atoms with Crippen molar-refractivity contribution in [3.63, 3.8) is 0 Å². The summed E-state index contributed by atoms with van der Waals surface area (Å²) in [4.78, 5) is 1.40. The Morgan fingerprint density at radius 2 is 2.67 bits per heavy atom. The molecular weight excluding hydrogens is 112 g/mol. The molecule has 0 amide bonds. The van der Waals surface area contributed by atoms with Crippen molar-refractivity contribution in [2.45, 2.75) is 6.92 Å². The third-order valence-corrected chi connectivity index (χ3v) is 2.69. The molecule has 0 N–H and O–H groups in total. The minimum absolute atomic E-state index is 1.40. The zero-order valence-corrected chi connectivity index (χ0v) is 5.10. The van der Waals surface area contributed by atoms with Crippen molar-refractivity contribution in [1.82, 2.24) is 0 Å². The van der Waals surface area contributed by atoms with E-state index in [4.69, 9.17) is 0 Å². The topological polar surface area (TPSA) is 0 Å². The Morgan fingerprint density at radius 1 is 1.83 bits per heavy atom. The first-order valence-electron chi connectivity index (χ1n) is 1.73. The zero-order chi connectivity index (χ0) is 4.41. The molecule has 0 unspecified atom stereocenters. The van der Waals surface area contributed by atoms with Crippen molar-refractivity contribution >= 4 is 20.7 Å². The highest BCUT2D eigenvalue weighted by Gasteiger charge is 1.90. The average Bonchev–Trinajstić information content (AvgIpc) is 1.86. The minimum Gasteiger partial charge on any atom is -0.0253 e. The zero-order valence-electron chi connectivity index (χ0n) is 3.47.